The fourth-order valence-corrected chi connectivity index (χ4v) is 1.84. The van der Waals surface area contributed by atoms with Crippen LogP contribution >= 0.6 is 31.9 Å². The zero-order valence-electron chi connectivity index (χ0n) is 7.37. The van der Waals surface area contributed by atoms with Crippen LogP contribution in [0.5, 0.6) is 0 Å². The van der Waals surface area contributed by atoms with E-state index in [1.807, 2.05) is 27.7 Å². The van der Waals surface area contributed by atoms with Crippen molar-refractivity contribution < 1.29 is 4.79 Å². The molecule has 0 aliphatic carbocycles. The van der Waals surface area contributed by atoms with Gasteiger partial charge in [0.1, 0.15) is 0 Å². The number of carbonyl (C=O) groups is 1. The molecule has 0 N–H and O–H groups in total. The summed E-state index contributed by atoms with van der Waals surface area (Å²) in [5.41, 5.74) is -0.0532. The average Bonchev–Trinajstić information content (AvgIpc) is 1.83. The number of alkyl halides is 1. The number of hydrogen-bond donors (Lipinski definition) is 0. The third-order valence-corrected chi connectivity index (χ3v) is 5.31. The van der Waals surface area contributed by atoms with E-state index in [1.165, 1.54) is 0 Å². The Bertz CT molecular complexity index is 160. The van der Waals surface area contributed by atoms with Crippen molar-refractivity contribution in [3.05, 3.63) is 0 Å². The van der Waals surface area contributed by atoms with E-state index in [0.29, 0.717) is 0 Å². The third-order valence-electron chi connectivity index (χ3n) is 1.99. The van der Waals surface area contributed by atoms with E-state index in [9.17, 15) is 4.79 Å². The van der Waals surface area contributed by atoms with Gasteiger partial charge in [-0.15, -0.1) is 0 Å². The summed E-state index contributed by atoms with van der Waals surface area (Å²) < 4.78 is -0.403. The maximum Gasteiger partial charge on any atom is 0.214 e. The molecule has 66 valence electrons. The van der Waals surface area contributed by atoms with Gasteiger partial charge >= 0.3 is 0 Å². The molecule has 0 saturated carbocycles. The quantitative estimate of drug-likeness (QED) is 0.561. The van der Waals surface area contributed by atoms with Crippen molar-refractivity contribution in [1.29, 1.82) is 0 Å². The van der Waals surface area contributed by atoms with Gasteiger partial charge in [-0.3, -0.25) is 4.79 Å². The van der Waals surface area contributed by atoms with Crippen LogP contribution in [-0.4, -0.2) is 9.02 Å². The van der Waals surface area contributed by atoms with Gasteiger partial charge in [-0.05, 0) is 27.8 Å². The van der Waals surface area contributed by atoms with E-state index in [1.54, 1.807) is 0 Å². The first-order valence-electron chi connectivity index (χ1n) is 3.64. The van der Waals surface area contributed by atoms with Crippen LogP contribution in [0.4, 0.5) is 0 Å². The van der Waals surface area contributed by atoms with E-state index >= 15 is 0 Å². The highest BCUT2D eigenvalue weighted by atomic mass is 79.9. The fourth-order valence-electron chi connectivity index (χ4n) is 0.964. The maximum atomic E-state index is 11.2. The monoisotopic (exact) mass is 284 g/mol. The smallest absolute Gasteiger partial charge is 0.214 e. The predicted molar refractivity (Wildman–Crippen MR) is 55.3 cm³/mol. The van der Waals surface area contributed by atoms with Crippen molar-refractivity contribution in [3.8, 4) is 0 Å². The van der Waals surface area contributed by atoms with Crippen LogP contribution in [0.1, 0.15) is 34.1 Å². The number of carbonyl (C=O) groups excluding carboxylic acids is 1. The van der Waals surface area contributed by atoms with Gasteiger partial charge in [-0.25, -0.2) is 0 Å². The lowest BCUT2D eigenvalue weighted by Crippen LogP contribution is -2.41. The number of rotatable bonds is 2. The van der Waals surface area contributed by atoms with Crippen molar-refractivity contribution in [3.63, 3.8) is 0 Å². The van der Waals surface area contributed by atoms with Gasteiger partial charge in [0, 0.05) is 0 Å². The molecule has 0 saturated heterocycles. The highest BCUT2D eigenvalue weighted by Gasteiger charge is 2.43. The second kappa shape index (κ2) is 3.56. The van der Waals surface area contributed by atoms with E-state index in [4.69, 9.17) is 0 Å². The van der Waals surface area contributed by atoms with Crippen LogP contribution in [-0.2, 0) is 4.79 Å². The minimum absolute atomic E-state index is 0.0278. The first-order chi connectivity index (χ1) is 4.75. The van der Waals surface area contributed by atoms with Gasteiger partial charge in [0.05, 0.1) is 4.32 Å². The van der Waals surface area contributed by atoms with Crippen LogP contribution in [0.2, 0.25) is 0 Å². The van der Waals surface area contributed by atoms with Crippen LogP contribution in [0, 0.1) is 5.41 Å². The Labute approximate surface area is 85.2 Å². The van der Waals surface area contributed by atoms with Crippen LogP contribution in [0.25, 0.3) is 0 Å². The second-order valence-corrected chi connectivity index (χ2v) is 5.75. The molecule has 0 aromatic heterocycles. The van der Waals surface area contributed by atoms with Crippen LogP contribution in [0.3, 0.4) is 0 Å². The normalized spacial score (nSPS) is 17.6. The largest absolute Gasteiger partial charge is 0.285 e. The molecule has 1 unspecified atom stereocenters. The Kier molecular flexibility index (Phi) is 3.77. The lowest BCUT2D eigenvalue weighted by atomic mass is 9.80. The summed E-state index contributed by atoms with van der Waals surface area (Å²) in [5, 5.41) is 0. The van der Waals surface area contributed by atoms with Crippen LogP contribution in [0.15, 0.2) is 0 Å². The molecular weight excluding hydrogens is 272 g/mol. The molecule has 11 heavy (non-hydrogen) atoms. The lowest BCUT2D eigenvalue weighted by Gasteiger charge is -2.36. The molecule has 1 atom stereocenters. The highest BCUT2D eigenvalue weighted by Crippen LogP contribution is 2.42. The molecule has 0 bridgehead atoms. The minimum Gasteiger partial charge on any atom is -0.285 e. The lowest BCUT2D eigenvalue weighted by molar-refractivity contribution is -0.114. The SMILES string of the molecule is CCC(Br)(C(=O)Br)C(C)(C)C. The number of halogens is 2. The Morgan fingerprint density at radius 3 is 1.73 bits per heavy atom. The van der Waals surface area contributed by atoms with Gasteiger partial charge in [0.15, 0.2) is 0 Å². The van der Waals surface area contributed by atoms with Crippen LogP contribution < -0.4 is 0 Å². The highest BCUT2D eigenvalue weighted by molar-refractivity contribution is 9.20. The standard InChI is InChI=1S/C8H14Br2O/c1-5-8(10,6(9)11)7(2,3)4/h5H2,1-4H3. The summed E-state index contributed by atoms with van der Waals surface area (Å²) in [7, 11) is 0. The third kappa shape index (κ3) is 2.28. The molecule has 0 aromatic carbocycles. The number of hydrogen-bond acceptors (Lipinski definition) is 1. The van der Waals surface area contributed by atoms with Crippen molar-refractivity contribution in [2.75, 3.05) is 0 Å². The molecule has 0 rings (SSSR count). The van der Waals surface area contributed by atoms with Gasteiger partial charge in [-0.2, -0.15) is 0 Å². The van der Waals surface area contributed by atoms with Gasteiger partial charge in [0.2, 0.25) is 4.69 Å². The molecule has 0 aliphatic rings. The molecule has 0 spiro atoms. The fraction of sp³-hybridized carbons (Fsp3) is 0.875. The van der Waals surface area contributed by atoms with Gasteiger partial charge in [-0.1, -0.05) is 43.6 Å². The maximum absolute atomic E-state index is 11.2. The second-order valence-electron chi connectivity index (χ2n) is 3.68. The zero-order chi connectivity index (χ0) is 9.28. The Morgan fingerprint density at radius 2 is 1.73 bits per heavy atom. The molecule has 3 heteroatoms. The summed E-state index contributed by atoms with van der Waals surface area (Å²) in [4.78, 5) is 11.2. The Hall–Kier alpha value is 0.630. The van der Waals surface area contributed by atoms with E-state index in [-0.39, 0.29) is 10.1 Å². The Balaban J connectivity index is 4.75. The molecule has 0 amide bonds. The molecule has 0 aromatic rings. The summed E-state index contributed by atoms with van der Waals surface area (Å²) >= 11 is 6.48. The van der Waals surface area contributed by atoms with E-state index < -0.39 is 4.32 Å². The van der Waals surface area contributed by atoms with Crippen molar-refractivity contribution >= 4 is 36.6 Å². The van der Waals surface area contributed by atoms with Crippen molar-refractivity contribution in [1.82, 2.24) is 0 Å². The zero-order valence-corrected chi connectivity index (χ0v) is 10.5. The molecule has 0 fully saturated rings. The molecule has 1 nitrogen and oxygen atoms in total. The van der Waals surface area contributed by atoms with Gasteiger partial charge < -0.3 is 0 Å². The van der Waals surface area contributed by atoms with Gasteiger partial charge in [0.25, 0.3) is 0 Å². The Morgan fingerprint density at radius 1 is 1.36 bits per heavy atom. The molecular formula is C8H14Br2O. The minimum atomic E-state index is -0.431. The van der Waals surface area contributed by atoms with Crippen molar-refractivity contribution in [2.24, 2.45) is 5.41 Å². The van der Waals surface area contributed by atoms with E-state index in [2.05, 4.69) is 31.9 Å². The average molecular weight is 286 g/mol. The first-order valence-corrected chi connectivity index (χ1v) is 5.23. The molecule has 0 aliphatic heterocycles. The predicted octanol–water partition coefficient (Wildman–Crippen LogP) is 3.50. The first kappa shape index (κ1) is 11.6. The van der Waals surface area contributed by atoms with E-state index in [0.717, 1.165) is 6.42 Å². The summed E-state index contributed by atoms with van der Waals surface area (Å²) in [6.07, 6.45) is 0.792. The summed E-state index contributed by atoms with van der Waals surface area (Å²) in [5.74, 6) is 0. The topological polar surface area (TPSA) is 17.1 Å². The molecule has 0 radical (unpaired) electrons. The summed E-state index contributed by atoms with van der Waals surface area (Å²) in [6, 6.07) is 0. The molecule has 0 heterocycles. The summed E-state index contributed by atoms with van der Waals surface area (Å²) in [6.45, 7) is 8.14. The van der Waals surface area contributed by atoms with Crippen molar-refractivity contribution in [2.45, 2.75) is 38.4 Å².